The van der Waals surface area contributed by atoms with E-state index in [1.165, 1.54) is 41.8 Å². The van der Waals surface area contributed by atoms with E-state index in [0.29, 0.717) is 42.8 Å². The van der Waals surface area contributed by atoms with Gasteiger partial charge in [0.05, 0.1) is 29.4 Å². The fourth-order valence-corrected chi connectivity index (χ4v) is 8.39. The van der Waals surface area contributed by atoms with Crippen molar-refractivity contribution >= 4 is 41.3 Å². The lowest BCUT2D eigenvalue weighted by atomic mass is 10.0. The van der Waals surface area contributed by atoms with E-state index in [0.717, 1.165) is 6.42 Å². The summed E-state index contributed by atoms with van der Waals surface area (Å²) in [5, 5.41) is 31.0. The van der Waals surface area contributed by atoms with Gasteiger partial charge < -0.3 is 29.6 Å². The van der Waals surface area contributed by atoms with Gasteiger partial charge in [-0.2, -0.15) is 4.79 Å². The normalized spacial score (nSPS) is 28.7. The van der Waals surface area contributed by atoms with Crippen LogP contribution in [0.4, 0.5) is 10.5 Å². The van der Waals surface area contributed by atoms with Crippen molar-refractivity contribution in [1.29, 1.82) is 0 Å². The number of likely N-dealkylation sites (N-methyl/N-ethyl adjacent to an activating group) is 2. The van der Waals surface area contributed by atoms with Crippen molar-refractivity contribution in [3.05, 3.63) is 50.0 Å². The zero-order valence-corrected chi connectivity index (χ0v) is 26.0. The molecule has 0 bridgehead atoms. The summed E-state index contributed by atoms with van der Waals surface area (Å²) in [6.07, 6.45) is 0.134. The molecule has 4 aliphatic rings. The Morgan fingerprint density at radius 2 is 2.00 bits per heavy atom. The summed E-state index contributed by atoms with van der Waals surface area (Å²) in [7, 11) is 5.57. The minimum Gasteiger partial charge on any atom is -0.477 e. The van der Waals surface area contributed by atoms with Gasteiger partial charge in [-0.3, -0.25) is 19.7 Å². The highest BCUT2D eigenvalue weighted by atomic mass is 32.2. The van der Waals surface area contributed by atoms with Crippen LogP contribution in [0.2, 0.25) is 0 Å². The van der Waals surface area contributed by atoms with E-state index in [-0.39, 0.29) is 63.7 Å². The van der Waals surface area contributed by atoms with E-state index in [2.05, 4.69) is 4.90 Å². The number of rotatable bonds is 9. The van der Waals surface area contributed by atoms with Crippen molar-refractivity contribution in [3.63, 3.8) is 0 Å². The first-order valence-electron chi connectivity index (χ1n) is 14.6. The van der Waals surface area contributed by atoms with Gasteiger partial charge in [0.15, 0.2) is 6.04 Å². The number of hydrogen-bond donors (Lipinski definition) is 2. The quantitative estimate of drug-likeness (QED) is 0.177. The van der Waals surface area contributed by atoms with Crippen LogP contribution in [0.3, 0.4) is 0 Å². The number of aliphatic carboxylic acids is 1. The molecule has 3 amide bonds. The maximum atomic E-state index is 14.0. The number of hydrogen-bond acceptors (Lipinski definition) is 10. The third kappa shape index (κ3) is 5.80. The largest absolute Gasteiger partial charge is 0.516 e. The number of nitrogens with zero attached hydrogens (tertiary/aromatic N) is 5. The number of quaternary nitrogens is 1. The molecule has 3 saturated heterocycles. The fourth-order valence-electron chi connectivity index (χ4n) is 6.74. The molecule has 44 heavy (non-hydrogen) atoms. The number of carboxylic acids is 1. The van der Waals surface area contributed by atoms with Crippen LogP contribution < -0.4 is 0 Å². The van der Waals surface area contributed by atoms with Crippen molar-refractivity contribution in [2.45, 2.75) is 68.7 Å². The minimum atomic E-state index is -1.17. The number of likely N-dealkylation sites (tertiary alicyclic amines) is 2. The number of fused-ring (bicyclic) bond motifs is 1. The predicted octanol–water partition coefficient (Wildman–Crippen LogP) is 2.07. The molecule has 6 atom stereocenters. The Bertz CT molecular complexity index is 1430. The molecule has 0 saturated carbocycles. The van der Waals surface area contributed by atoms with Gasteiger partial charge in [-0.15, -0.1) is 11.8 Å². The van der Waals surface area contributed by atoms with Gasteiger partial charge in [0.2, 0.25) is 5.91 Å². The molecule has 2 N–H and O–H groups in total. The van der Waals surface area contributed by atoms with Crippen LogP contribution in [0.1, 0.15) is 49.8 Å². The monoisotopic (exact) mass is 632 g/mol. The number of nitro benzene ring substituents is 1. The molecule has 0 unspecified atom stereocenters. The van der Waals surface area contributed by atoms with E-state index in [1.54, 1.807) is 11.9 Å². The van der Waals surface area contributed by atoms with Crippen LogP contribution in [-0.2, 0) is 25.7 Å². The van der Waals surface area contributed by atoms with Gasteiger partial charge in [0.25, 0.3) is 11.6 Å². The highest BCUT2D eigenvalue weighted by Gasteiger charge is 2.57. The molecule has 0 aliphatic carbocycles. The molecular weight excluding hydrogens is 594 g/mol. The minimum absolute atomic E-state index is 0.0139. The Morgan fingerprint density at radius 1 is 1.27 bits per heavy atom. The summed E-state index contributed by atoms with van der Waals surface area (Å²) in [5.41, 5.74) is 0.455. The van der Waals surface area contributed by atoms with E-state index < -0.39 is 29.1 Å². The van der Waals surface area contributed by atoms with Crippen LogP contribution in [-0.4, -0.2) is 122 Å². The summed E-state index contributed by atoms with van der Waals surface area (Å²) in [5.74, 6) is -1.57. The second-order valence-electron chi connectivity index (χ2n) is 12.4. The molecule has 15 heteroatoms. The first-order chi connectivity index (χ1) is 20.7. The average molecular weight is 633 g/mol. The third-order valence-corrected chi connectivity index (χ3v) is 10.6. The van der Waals surface area contributed by atoms with Crippen molar-refractivity contribution in [2.24, 2.45) is 0 Å². The number of aliphatic hydroxyl groups is 1. The molecular formula is C29H38N5O9S+. The smallest absolute Gasteiger partial charge is 0.477 e. The summed E-state index contributed by atoms with van der Waals surface area (Å²) in [6.45, 7) is 2.49. The number of β-lactam (4-membered cyclic amide) rings is 1. The number of carbonyl (C=O) groups excluding carboxylic acids is 3. The molecule has 4 aliphatic heterocycles. The second-order valence-corrected chi connectivity index (χ2v) is 13.8. The summed E-state index contributed by atoms with van der Waals surface area (Å²) >= 11 is 1.32. The van der Waals surface area contributed by atoms with E-state index in [9.17, 15) is 39.5 Å². The first kappa shape index (κ1) is 31.9. The average Bonchev–Trinajstić information content (AvgIpc) is 3.66. The number of amides is 3. The summed E-state index contributed by atoms with van der Waals surface area (Å²) < 4.78 is 5.39. The molecule has 14 nitrogen and oxygen atoms in total. The molecule has 238 valence electrons. The molecule has 1 aromatic carbocycles. The van der Waals surface area contributed by atoms with Crippen molar-refractivity contribution < 1.29 is 43.5 Å². The number of ether oxygens (including phenoxy) is 1. The number of aliphatic hydroxyl groups excluding tert-OH is 1. The Labute approximate surface area is 258 Å². The molecule has 1 aromatic rings. The number of benzene rings is 1. The summed E-state index contributed by atoms with van der Waals surface area (Å²) in [4.78, 5) is 68.5. The number of nitro groups is 1. The van der Waals surface area contributed by atoms with Crippen molar-refractivity contribution in [3.8, 4) is 0 Å². The summed E-state index contributed by atoms with van der Waals surface area (Å²) in [6, 6.07) is 3.21. The SMILES string of the molecule is C[C@@H](O)c1cc([N+](=O)[O-])ccc1COC(=O)[N@+]1(C)C[C@@H](SC2=C(C(=O)O)N3C(=O)C[C@H]3C2)C[C@H]1C(=O)N1CC[C@@H](N(C)C)C1. The molecule has 0 aromatic heterocycles. The van der Waals surface area contributed by atoms with E-state index >= 15 is 0 Å². The Hall–Kier alpha value is -3.53. The highest BCUT2D eigenvalue weighted by Crippen LogP contribution is 2.47. The highest BCUT2D eigenvalue weighted by molar-refractivity contribution is 8.03. The number of carboxylic acid groups (broad SMARTS) is 1. The van der Waals surface area contributed by atoms with Crippen LogP contribution in [0.15, 0.2) is 28.8 Å². The third-order valence-electron chi connectivity index (χ3n) is 9.29. The van der Waals surface area contributed by atoms with Gasteiger partial charge in [0, 0.05) is 55.4 Å². The van der Waals surface area contributed by atoms with Gasteiger partial charge in [-0.1, -0.05) is 0 Å². The van der Waals surface area contributed by atoms with Crippen LogP contribution in [0, 0.1) is 10.1 Å². The van der Waals surface area contributed by atoms with Gasteiger partial charge in [-0.05, 0) is 44.6 Å². The second kappa shape index (κ2) is 12.1. The van der Waals surface area contributed by atoms with E-state index in [4.69, 9.17) is 4.74 Å². The molecule has 0 radical (unpaired) electrons. The standard InChI is InChI=1S/C29H37N5O9S/c1-16(35)22-9-18(33(41)42)6-5-17(22)15-43-29(40)34(4)14-21(12-23(34)27(37)31-8-7-19(13-31)30(2)3)44-24-10-20-11-25(36)32(20)26(24)28(38)39/h5-6,9,16,19-21,23,35H,7-8,10-15H2,1-4H3/p+1/t16-,19-,20-,21+,23+,34-/m1/s1. The Morgan fingerprint density at radius 3 is 2.59 bits per heavy atom. The number of thioether (sulfide) groups is 1. The maximum Gasteiger partial charge on any atom is 0.516 e. The van der Waals surface area contributed by atoms with Crippen LogP contribution in [0.5, 0.6) is 0 Å². The van der Waals surface area contributed by atoms with Crippen molar-refractivity contribution in [1.82, 2.24) is 14.7 Å². The Balaban J connectivity index is 1.39. The molecule has 0 spiro atoms. The van der Waals surface area contributed by atoms with Gasteiger partial charge >= 0.3 is 12.1 Å². The van der Waals surface area contributed by atoms with Gasteiger partial charge in [-0.25, -0.2) is 9.28 Å². The first-order valence-corrected chi connectivity index (χ1v) is 15.5. The number of carbonyl (C=O) groups is 4. The lowest BCUT2D eigenvalue weighted by molar-refractivity contribution is -0.841. The lowest BCUT2D eigenvalue weighted by Gasteiger charge is -2.34. The zero-order valence-electron chi connectivity index (χ0n) is 25.2. The van der Waals surface area contributed by atoms with Gasteiger partial charge in [0.1, 0.15) is 18.8 Å². The maximum absolute atomic E-state index is 14.0. The predicted molar refractivity (Wildman–Crippen MR) is 158 cm³/mol. The number of non-ortho nitro benzene ring substituents is 1. The molecule has 3 fully saturated rings. The Kier molecular flexibility index (Phi) is 8.77. The topological polar surface area (TPSA) is 171 Å². The zero-order chi connectivity index (χ0) is 32.1. The van der Waals surface area contributed by atoms with E-state index in [1.807, 2.05) is 14.1 Å². The molecule has 4 heterocycles. The van der Waals surface area contributed by atoms with Crippen LogP contribution in [0.25, 0.3) is 0 Å². The molecule has 5 rings (SSSR count). The fraction of sp³-hybridized carbons (Fsp3) is 0.586. The lowest BCUT2D eigenvalue weighted by Crippen LogP contribution is -2.59. The van der Waals surface area contributed by atoms with Crippen molar-refractivity contribution in [2.75, 3.05) is 40.8 Å². The van der Waals surface area contributed by atoms with Crippen LogP contribution >= 0.6 is 11.8 Å².